The van der Waals surface area contributed by atoms with Crippen LogP contribution in [0.25, 0.3) is 0 Å². The van der Waals surface area contributed by atoms with Gasteiger partial charge in [-0.15, -0.1) is 0 Å². The molecule has 0 unspecified atom stereocenters. The number of pyridine rings is 1. The molecule has 0 atom stereocenters. The van der Waals surface area contributed by atoms with Gasteiger partial charge in [0.05, 0.1) is 17.3 Å². The van der Waals surface area contributed by atoms with E-state index in [0.29, 0.717) is 34.3 Å². The number of rotatable bonds is 7. The van der Waals surface area contributed by atoms with E-state index >= 15 is 0 Å². The summed E-state index contributed by atoms with van der Waals surface area (Å²) in [6.07, 6.45) is 1.92. The third-order valence-electron chi connectivity index (χ3n) is 6.27. The van der Waals surface area contributed by atoms with Gasteiger partial charge in [-0.3, -0.25) is 9.69 Å². The molecule has 1 saturated heterocycles. The molecular weight excluding hydrogens is 440 g/mol. The van der Waals surface area contributed by atoms with Gasteiger partial charge in [0, 0.05) is 37.3 Å². The second-order valence-electron chi connectivity index (χ2n) is 9.00. The highest BCUT2D eigenvalue weighted by Gasteiger charge is 2.21. The Bertz CT molecular complexity index is 1230. The van der Waals surface area contributed by atoms with Gasteiger partial charge in [-0.1, -0.05) is 12.1 Å². The van der Waals surface area contributed by atoms with Gasteiger partial charge in [-0.05, 0) is 73.7 Å². The van der Waals surface area contributed by atoms with E-state index in [0.717, 1.165) is 49.2 Å². The Balaban J connectivity index is 1.36. The van der Waals surface area contributed by atoms with Crippen molar-refractivity contribution in [2.75, 3.05) is 24.1 Å². The van der Waals surface area contributed by atoms with Crippen LogP contribution in [0.4, 0.5) is 11.5 Å². The molecule has 0 bridgehead atoms. The summed E-state index contributed by atoms with van der Waals surface area (Å²) >= 11 is 0. The normalized spacial score (nSPS) is 14.3. The standard InChI is InChI=1S/C27H30N6O2/c1-17-13-20(15-28)14-18(2)25(17)35-24-8-7-23(29)27(32-24)31-22-9-11-33(12-10-22)16-19-3-5-21(6-4-19)26(30)34/h3-8,13-14,22H,9-12,16,29H2,1-2H3,(H2,30,34)(H,31,32). The van der Waals surface area contributed by atoms with Crippen molar-refractivity contribution in [1.82, 2.24) is 9.88 Å². The van der Waals surface area contributed by atoms with E-state index in [4.69, 9.17) is 21.5 Å². The van der Waals surface area contributed by atoms with Gasteiger partial charge in [-0.2, -0.15) is 10.2 Å². The van der Waals surface area contributed by atoms with Crippen LogP contribution in [0.2, 0.25) is 0 Å². The Morgan fingerprint density at radius 2 is 1.80 bits per heavy atom. The third-order valence-corrected chi connectivity index (χ3v) is 6.27. The van der Waals surface area contributed by atoms with Crippen molar-refractivity contribution in [3.05, 3.63) is 76.3 Å². The summed E-state index contributed by atoms with van der Waals surface area (Å²) in [7, 11) is 0. The fourth-order valence-corrected chi connectivity index (χ4v) is 4.37. The molecule has 8 nitrogen and oxygen atoms in total. The zero-order valence-corrected chi connectivity index (χ0v) is 20.0. The molecule has 0 saturated carbocycles. The predicted octanol–water partition coefficient (Wildman–Crippen LogP) is 4.12. The van der Waals surface area contributed by atoms with Gasteiger partial charge in [0.25, 0.3) is 0 Å². The average molecular weight is 471 g/mol. The van der Waals surface area contributed by atoms with Crippen molar-refractivity contribution in [2.45, 2.75) is 39.3 Å². The quantitative estimate of drug-likeness (QED) is 0.473. The molecule has 1 fully saturated rings. The highest BCUT2D eigenvalue weighted by atomic mass is 16.5. The molecule has 2 aromatic carbocycles. The van der Waals surface area contributed by atoms with Crippen LogP contribution in [-0.4, -0.2) is 34.9 Å². The maximum Gasteiger partial charge on any atom is 0.248 e. The van der Waals surface area contributed by atoms with Crippen molar-refractivity contribution in [3.63, 3.8) is 0 Å². The number of carbonyl (C=O) groups excluding carboxylic acids is 1. The number of hydrogen-bond donors (Lipinski definition) is 3. The summed E-state index contributed by atoms with van der Waals surface area (Å²) < 4.78 is 6.08. The molecular formula is C27H30N6O2. The van der Waals surface area contributed by atoms with E-state index in [1.54, 1.807) is 36.4 Å². The number of anilines is 2. The zero-order chi connectivity index (χ0) is 24.9. The summed E-state index contributed by atoms with van der Waals surface area (Å²) in [6.45, 7) is 6.54. The first-order valence-corrected chi connectivity index (χ1v) is 11.7. The molecule has 8 heteroatoms. The van der Waals surface area contributed by atoms with E-state index in [-0.39, 0.29) is 6.04 Å². The predicted molar refractivity (Wildman–Crippen MR) is 136 cm³/mol. The van der Waals surface area contributed by atoms with Gasteiger partial charge < -0.3 is 21.5 Å². The van der Waals surface area contributed by atoms with Crippen molar-refractivity contribution >= 4 is 17.4 Å². The number of aryl methyl sites for hydroxylation is 2. The lowest BCUT2D eigenvalue weighted by atomic mass is 10.0. The smallest absolute Gasteiger partial charge is 0.248 e. The van der Waals surface area contributed by atoms with Crippen LogP contribution in [0.1, 0.15) is 45.5 Å². The highest BCUT2D eigenvalue weighted by Crippen LogP contribution is 2.31. The van der Waals surface area contributed by atoms with Crippen LogP contribution < -0.4 is 21.5 Å². The fourth-order valence-electron chi connectivity index (χ4n) is 4.37. The topological polar surface area (TPSA) is 130 Å². The Hall–Kier alpha value is -4.09. The lowest BCUT2D eigenvalue weighted by Crippen LogP contribution is -2.38. The first kappa shape index (κ1) is 24.0. The van der Waals surface area contributed by atoms with E-state index in [2.05, 4.69) is 21.3 Å². The number of ether oxygens (including phenoxy) is 1. The molecule has 1 aliphatic heterocycles. The molecule has 35 heavy (non-hydrogen) atoms. The lowest BCUT2D eigenvalue weighted by molar-refractivity contribution is 0.1000. The SMILES string of the molecule is Cc1cc(C#N)cc(C)c1Oc1ccc(N)c(NC2CCN(Cc3ccc(C(N)=O)cc3)CC2)n1. The molecule has 3 aromatic rings. The van der Waals surface area contributed by atoms with Crippen LogP contribution in [0.5, 0.6) is 11.6 Å². The van der Waals surface area contributed by atoms with E-state index in [9.17, 15) is 4.79 Å². The van der Waals surface area contributed by atoms with Crippen LogP contribution >= 0.6 is 0 Å². The minimum atomic E-state index is -0.409. The summed E-state index contributed by atoms with van der Waals surface area (Å²) in [5.74, 6) is 1.36. The van der Waals surface area contributed by atoms with Gasteiger partial charge in [0.15, 0.2) is 5.82 Å². The molecule has 0 spiro atoms. The average Bonchev–Trinajstić information content (AvgIpc) is 2.84. The molecule has 2 heterocycles. The molecule has 4 rings (SSSR count). The Morgan fingerprint density at radius 1 is 1.14 bits per heavy atom. The van der Waals surface area contributed by atoms with Crippen molar-refractivity contribution in [2.24, 2.45) is 5.73 Å². The largest absolute Gasteiger partial charge is 0.438 e. The van der Waals surface area contributed by atoms with Crippen LogP contribution in [0.15, 0.2) is 48.5 Å². The fraction of sp³-hybridized carbons (Fsp3) is 0.296. The highest BCUT2D eigenvalue weighted by molar-refractivity contribution is 5.92. The Morgan fingerprint density at radius 3 is 2.40 bits per heavy atom. The number of nitriles is 1. The molecule has 1 amide bonds. The number of nitrogens with one attached hydrogen (secondary N) is 1. The number of likely N-dealkylation sites (tertiary alicyclic amines) is 1. The Kier molecular flexibility index (Phi) is 7.18. The first-order chi connectivity index (χ1) is 16.8. The second kappa shape index (κ2) is 10.5. The van der Waals surface area contributed by atoms with Crippen LogP contribution in [0, 0.1) is 25.2 Å². The van der Waals surface area contributed by atoms with Gasteiger partial charge in [0.1, 0.15) is 5.75 Å². The molecule has 0 aliphatic carbocycles. The van der Waals surface area contributed by atoms with E-state index in [1.807, 2.05) is 26.0 Å². The number of nitrogens with zero attached hydrogens (tertiary/aromatic N) is 3. The number of aromatic nitrogens is 1. The molecule has 180 valence electrons. The maximum atomic E-state index is 11.3. The summed E-state index contributed by atoms with van der Waals surface area (Å²) in [4.78, 5) is 18.3. The molecule has 5 N–H and O–H groups in total. The lowest BCUT2D eigenvalue weighted by Gasteiger charge is -2.32. The summed E-state index contributed by atoms with van der Waals surface area (Å²) in [5.41, 5.74) is 16.1. The number of hydrogen-bond acceptors (Lipinski definition) is 7. The van der Waals surface area contributed by atoms with Crippen LogP contribution in [0.3, 0.4) is 0 Å². The molecule has 1 aliphatic rings. The van der Waals surface area contributed by atoms with Crippen molar-refractivity contribution in [1.29, 1.82) is 5.26 Å². The second-order valence-corrected chi connectivity index (χ2v) is 9.00. The number of nitrogens with two attached hydrogens (primary N) is 2. The first-order valence-electron chi connectivity index (χ1n) is 11.7. The number of primary amides is 1. The number of amides is 1. The summed E-state index contributed by atoms with van der Waals surface area (Å²) in [6, 6.07) is 17.0. The van der Waals surface area contributed by atoms with E-state index in [1.165, 1.54) is 0 Å². The number of nitrogen functional groups attached to an aromatic ring is 1. The van der Waals surface area contributed by atoms with E-state index < -0.39 is 5.91 Å². The molecule has 0 radical (unpaired) electrons. The molecule has 1 aromatic heterocycles. The summed E-state index contributed by atoms with van der Waals surface area (Å²) in [5, 5.41) is 12.7. The van der Waals surface area contributed by atoms with Crippen molar-refractivity contribution < 1.29 is 9.53 Å². The zero-order valence-electron chi connectivity index (χ0n) is 20.0. The number of piperidine rings is 1. The van der Waals surface area contributed by atoms with Gasteiger partial charge in [0.2, 0.25) is 11.8 Å². The minimum absolute atomic E-state index is 0.256. The monoisotopic (exact) mass is 470 g/mol. The third kappa shape index (κ3) is 5.89. The van der Waals surface area contributed by atoms with Crippen LogP contribution in [-0.2, 0) is 6.54 Å². The number of carbonyl (C=O) groups is 1. The van der Waals surface area contributed by atoms with Crippen molar-refractivity contribution in [3.8, 4) is 17.7 Å². The maximum absolute atomic E-state index is 11.3. The van der Waals surface area contributed by atoms with Gasteiger partial charge in [-0.25, -0.2) is 0 Å². The minimum Gasteiger partial charge on any atom is -0.438 e. The number of benzene rings is 2. The van der Waals surface area contributed by atoms with Gasteiger partial charge >= 0.3 is 0 Å². The Labute approximate surface area is 205 Å².